The summed E-state index contributed by atoms with van der Waals surface area (Å²) in [6.07, 6.45) is 8.15. The SMILES string of the molecule is c1ccc(-c2cc(CO[C@@H]3CCCCO3)cc(CO[C@H]3CCCCO3)c2)nc1. The summed E-state index contributed by atoms with van der Waals surface area (Å²) in [5.41, 5.74) is 4.25. The summed E-state index contributed by atoms with van der Waals surface area (Å²) in [6.45, 7) is 2.63. The number of pyridine rings is 1. The summed E-state index contributed by atoms with van der Waals surface area (Å²) in [7, 11) is 0. The van der Waals surface area contributed by atoms with Gasteiger partial charge in [-0.1, -0.05) is 12.1 Å². The molecular formula is C23H29NO4. The van der Waals surface area contributed by atoms with Crippen molar-refractivity contribution in [1.82, 2.24) is 4.98 Å². The highest BCUT2D eigenvalue weighted by molar-refractivity contribution is 5.61. The van der Waals surface area contributed by atoms with E-state index in [1.165, 1.54) is 12.8 Å². The van der Waals surface area contributed by atoms with Gasteiger partial charge < -0.3 is 18.9 Å². The summed E-state index contributed by atoms with van der Waals surface area (Å²) in [5.74, 6) is 0. The van der Waals surface area contributed by atoms with Crippen LogP contribution < -0.4 is 0 Å². The van der Waals surface area contributed by atoms with Gasteiger partial charge in [-0.3, -0.25) is 4.98 Å². The van der Waals surface area contributed by atoms with Crippen molar-refractivity contribution in [3.05, 3.63) is 53.7 Å². The van der Waals surface area contributed by atoms with E-state index in [-0.39, 0.29) is 12.6 Å². The zero-order valence-electron chi connectivity index (χ0n) is 16.3. The first-order valence-electron chi connectivity index (χ1n) is 10.4. The summed E-state index contributed by atoms with van der Waals surface area (Å²) < 4.78 is 23.4. The van der Waals surface area contributed by atoms with Crippen molar-refractivity contribution < 1.29 is 18.9 Å². The number of hydrogen-bond donors (Lipinski definition) is 0. The average molecular weight is 383 g/mol. The zero-order valence-corrected chi connectivity index (χ0v) is 16.3. The van der Waals surface area contributed by atoms with Crippen LogP contribution in [0.15, 0.2) is 42.6 Å². The number of aromatic nitrogens is 1. The minimum atomic E-state index is -0.0948. The molecule has 28 heavy (non-hydrogen) atoms. The number of ether oxygens (including phenoxy) is 4. The molecule has 2 aliphatic heterocycles. The van der Waals surface area contributed by atoms with E-state index < -0.39 is 0 Å². The van der Waals surface area contributed by atoms with Crippen molar-refractivity contribution in [1.29, 1.82) is 0 Å². The van der Waals surface area contributed by atoms with Crippen LogP contribution >= 0.6 is 0 Å². The number of nitrogens with zero attached hydrogens (tertiary/aromatic N) is 1. The maximum absolute atomic E-state index is 6.00. The van der Waals surface area contributed by atoms with Crippen LogP contribution in [0.4, 0.5) is 0 Å². The normalized spacial score (nSPS) is 22.9. The van der Waals surface area contributed by atoms with Gasteiger partial charge in [-0.2, -0.15) is 0 Å². The van der Waals surface area contributed by atoms with Crippen molar-refractivity contribution >= 4 is 0 Å². The summed E-state index contributed by atoms with van der Waals surface area (Å²) >= 11 is 0. The van der Waals surface area contributed by atoms with Crippen LogP contribution in [0.2, 0.25) is 0 Å². The largest absolute Gasteiger partial charge is 0.353 e. The highest BCUT2D eigenvalue weighted by Gasteiger charge is 2.16. The molecule has 2 atom stereocenters. The Labute approximate surface area is 167 Å². The third-order valence-corrected chi connectivity index (χ3v) is 5.16. The Bertz CT molecular complexity index is 684. The molecular weight excluding hydrogens is 354 g/mol. The number of hydrogen-bond acceptors (Lipinski definition) is 5. The van der Waals surface area contributed by atoms with E-state index in [1.807, 2.05) is 24.4 Å². The fraction of sp³-hybridized carbons (Fsp3) is 0.522. The maximum Gasteiger partial charge on any atom is 0.158 e. The number of benzene rings is 1. The molecule has 0 N–H and O–H groups in total. The molecule has 150 valence electrons. The van der Waals surface area contributed by atoms with Gasteiger partial charge in [0.25, 0.3) is 0 Å². The van der Waals surface area contributed by atoms with Gasteiger partial charge >= 0.3 is 0 Å². The first-order chi connectivity index (χ1) is 13.9. The molecule has 1 aromatic carbocycles. The van der Waals surface area contributed by atoms with Gasteiger partial charge in [0.2, 0.25) is 0 Å². The minimum Gasteiger partial charge on any atom is -0.353 e. The van der Waals surface area contributed by atoms with Gasteiger partial charge in [-0.15, -0.1) is 0 Å². The third kappa shape index (κ3) is 5.61. The second kappa shape index (κ2) is 10.1. The van der Waals surface area contributed by atoms with Gasteiger partial charge in [-0.25, -0.2) is 0 Å². The lowest BCUT2D eigenvalue weighted by atomic mass is 10.0. The Morgan fingerprint density at radius 1 is 0.821 bits per heavy atom. The summed E-state index contributed by atoms with van der Waals surface area (Å²) in [5, 5.41) is 0. The van der Waals surface area contributed by atoms with E-state index in [0.717, 1.165) is 61.3 Å². The predicted molar refractivity (Wildman–Crippen MR) is 106 cm³/mol. The standard InChI is InChI=1S/C23H29NO4/c1-4-10-24-21(7-1)20-14-18(16-27-22-8-2-5-11-25-22)13-19(15-20)17-28-23-9-3-6-12-26-23/h1,4,7,10,13-15,22-23H,2-3,5-6,8-9,11-12,16-17H2/t22-,23+. The molecule has 2 fully saturated rings. The topological polar surface area (TPSA) is 49.8 Å². The summed E-state index contributed by atoms with van der Waals surface area (Å²) in [6, 6.07) is 12.4. The molecule has 5 heteroatoms. The lowest BCUT2D eigenvalue weighted by Gasteiger charge is -2.24. The minimum absolute atomic E-state index is 0.0948. The quantitative estimate of drug-likeness (QED) is 0.685. The lowest BCUT2D eigenvalue weighted by Crippen LogP contribution is -2.22. The van der Waals surface area contributed by atoms with Crippen LogP contribution in [0.25, 0.3) is 11.3 Å². The van der Waals surface area contributed by atoms with Gasteiger partial charge in [0.15, 0.2) is 12.6 Å². The Morgan fingerprint density at radius 2 is 1.46 bits per heavy atom. The lowest BCUT2D eigenvalue weighted by molar-refractivity contribution is -0.169. The van der Waals surface area contributed by atoms with Crippen molar-refractivity contribution in [2.45, 2.75) is 64.3 Å². The van der Waals surface area contributed by atoms with Crippen molar-refractivity contribution in [3.63, 3.8) is 0 Å². The zero-order chi connectivity index (χ0) is 19.0. The molecule has 0 aliphatic carbocycles. The summed E-state index contributed by atoms with van der Waals surface area (Å²) in [4.78, 5) is 4.50. The Kier molecular flexibility index (Phi) is 7.06. The molecule has 0 spiro atoms. The van der Waals surface area contributed by atoms with Crippen LogP contribution in [-0.4, -0.2) is 30.8 Å². The Hall–Kier alpha value is -1.79. The molecule has 4 rings (SSSR count). The molecule has 0 saturated carbocycles. The van der Waals surface area contributed by atoms with E-state index in [2.05, 4.69) is 23.2 Å². The molecule has 1 aromatic heterocycles. The monoisotopic (exact) mass is 383 g/mol. The fourth-order valence-electron chi connectivity index (χ4n) is 3.67. The van der Waals surface area contributed by atoms with Gasteiger partial charge in [0.05, 0.1) is 18.9 Å². The predicted octanol–water partition coefficient (Wildman–Crippen LogP) is 4.84. The first kappa shape index (κ1) is 19.5. The molecule has 2 aromatic rings. The molecule has 0 bridgehead atoms. The fourth-order valence-corrected chi connectivity index (χ4v) is 3.67. The molecule has 2 aliphatic rings. The molecule has 0 unspecified atom stereocenters. The van der Waals surface area contributed by atoms with E-state index >= 15 is 0 Å². The van der Waals surface area contributed by atoms with E-state index in [9.17, 15) is 0 Å². The average Bonchev–Trinajstić information content (AvgIpc) is 2.78. The number of rotatable bonds is 7. The van der Waals surface area contributed by atoms with Crippen LogP contribution in [0.5, 0.6) is 0 Å². The van der Waals surface area contributed by atoms with E-state index in [1.54, 1.807) is 0 Å². The molecule has 2 saturated heterocycles. The van der Waals surface area contributed by atoms with E-state index in [4.69, 9.17) is 18.9 Å². The van der Waals surface area contributed by atoms with Crippen LogP contribution in [-0.2, 0) is 32.2 Å². The second-order valence-electron chi connectivity index (χ2n) is 7.47. The van der Waals surface area contributed by atoms with Gasteiger partial charge in [0, 0.05) is 25.0 Å². The molecule has 5 nitrogen and oxygen atoms in total. The third-order valence-electron chi connectivity index (χ3n) is 5.16. The van der Waals surface area contributed by atoms with Crippen LogP contribution in [0.1, 0.15) is 49.7 Å². The van der Waals surface area contributed by atoms with Crippen molar-refractivity contribution in [3.8, 4) is 11.3 Å². The van der Waals surface area contributed by atoms with Crippen molar-refractivity contribution in [2.24, 2.45) is 0 Å². The van der Waals surface area contributed by atoms with E-state index in [0.29, 0.717) is 13.2 Å². The van der Waals surface area contributed by atoms with Crippen LogP contribution in [0, 0.1) is 0 Å². The Balaban J connectivity index is 1.47. The Morgan fingerprint density at radius 3 is 1.96 bits per heavy atom. The first-order valence-corrected chi connectivity index (χ1v) is 10.4. The molecule has 0 radical (unpaired) electrons. The highest BCUT2D eigenvalue weighted by atomic mass is 16.7. The van der Waals surface area contributed by atoms with Gasteiger partial charge in [0.1, 0.15) is 0 Å². The van der Waals surface area contributed by atoms with Crippen molar-refractivity contribution in [2.75, 3.05) is 13.2 Å². The molecule has 0 amide bonds. The second-order valence-corrected chi connectivity index (χ2v) is 7.47. The smallest absolute Gasteiger partial charge is 0.158 e. The molecule has 3 heterocycles. The van der Waals surface area contributed by atoms with Crippen LogP contribution in [0.3, 0.4) is 0 Å². The maximum atomic E-state index is 6.00. The van der Waals surface area contributed by atoms with Gasteiger partial charge in [-0.05, 0) is 73.9 Å². The highest BCUT2D eigenvalue weighted by Crippen LogP contribution is 2.24.